The molecule has 4 heteroatoms. The van der Waals surface area contributed by atoms with E-state index in [4.69, 9.17) is 11.6 Å². The van der Waals surface area contributed by atoms with Crippen LogP contribution in [0, 0.1) is 18.7 Å². The number of benzene rings is 2. The molecule has 0 radical (unpaired) electrons. The van der Waals surface area contributed by atoms with Gasteiger partial charge in [-0.3, -0.25) is 4.79 Å². The number of halogens is 2. The smallest absolute Gasteiger partial charge is 0.228 e. The maximum atomic E-state index is 12.9. The molecule has 1 N–H and O–H groups in total. The van der Waals surface area contributed by atoms with Crippen molar-refractivity contribution in [1.82, 2.24) is 0 Å². The molecule has 2 atom stereocenters. The molecule has 2 aromatic rings. The third kappa shape index (κ3) is 2.93. The maximum absolute atomic E-state index is 12.9. The molecule has 2 aromatic carbocycles. The number of hydrogen-bond donors (Lipinski definition) is 1. The number of aryl methyl sites for hydroxylation is 1. The van der Waals surface area contributed by atoms with Gasteiger partial charge in [0, 0.05) is 5.92 Å². The number of amides is 1. The van der Waals surface area contributed by atoms with Crippen LogP contribution in [0.4, 0.5) is 10.1 Å². The van der Waals surface area contributed by atoms with Crippen LogP contribution in [-0.4, -0.2) is 5.91 Å². The highest BCUT2D eigenvalue weighted by atomic mass is 35.5. The zero-order valence-corrected chi connectivity index (χ0v) is 12.3. The van der Waals surface area contributed by atoms with E-state index in [-0.39, 0.29) is 23.6 Å². The van der Waals surface area contributed by atoms with Crippen LogP contribution in [0.15, 0.2) is 42.5 Å². The lowest BCUT2D eigenvalue weighted by Gasteiger charge is -2.10. The average Bonchev–Trinajstić information content (AvgIpc) is 3.24. The van der Waals surface area contributed by atoms with Crippen molar-refractivity contribution in [2.75, 3.05) is 5.32 Å². The molecule has 108 valence electrons. The topological polar surface area (TPSA) is 29.1 Å². The molecule has 1 amide bonds. The van der Waals surface area contributed by atoms with Crippen molar-refractivity contribution in [2.24, 2.45) is 5.92 Å². The van der Waals surface area contributed by atoms with Crippen LogP contribution in [0.3, 0.4) is 0 Å². The maximum Gasteiger partial charge on any atom is 0.228 e. The summed E-state index contributed by atoms with van der Waals surface area (Å²) in [5.41, 5.74) is 2.62. The van der Waals surface area contributed by atoms with Gasteiger partial charge in [0.1, 0.15) is 5.82 Å². The zero-order valence-electron chi connectivity index (χ0n) is 11.6. The number of para-hydroxylation sites is 1. The van der Waals surface area contributed by atoms with Gasteiger partial charge in [0.2, 0.25) is 5.91 Å². The van der Waals surface area contributed by atoms with E-state index in [1.807, 2.05) is 19.1 Å². The molecule has 0 aromatic heterocycles. The summed E-state index contributed by atoms with van der Waals surface area (Å²) in [4.78, 5) is 12.3. The van der Waals surface area contributed by atoms with Crippen molar-refractivity contribution in [3.05, 3.63) is 64.4 Å². The first-order valence-electron chi connectivity index (χ1n) is 6.87. The Hall–Kier alpha value is -1.87. The summed E-state index contributed by atoms with van der Waals surface area (Å²) >= 11 is 6.11. The Morgan fingerprint density at radius 3 is 2.62 bits per heavy atom. The number of nitrogens with one attached hydrogen (secondary N) is 1. The number of carbonyl (C=O) groups excluding carboxylic acids is 1. The SMILES string of the molecule is Cc1cccc(Cl)c1NC(=O)[C@@H]1C[C@H]1c1ccc(F)cc1. The Labute approximate surface area is 127 Å². The molecule has 0 bridgehead atoms. The highest BCUT2D eigenvalue weighted by molar-refractivity contribution is 6.34. The first-order valence-corrected chi connectivity index (χ1v) is 7.25. The number of rotatable bonds is 3. The number of anilines is 1. The third-order valence-electron chi connectivity index (χ3n) is 3.90. The number of hydrogen-bond acceptors (Lipinski definition) is 1. The second-order valence-electron chi connectivity index (χ2n) is 5.42. The van der Waals surface area contributed by atoms with Gasteiger partial charge in [-0.15, -0.1) is 0 Å². The second kappa shape index (κ2) is 5.49. The van der Waals surface area contributed by atoms with Gasteiger partial charge in [0.05, 0.1) is 10.7 Å². The summed E-state index contributed by atoms with van der Waals surface area (Å²) in [6, 6.07) is 11.9. The minimum Gasteiger partial charge on any atom is -0.324 e. The molecular weight excluding hydrogens is 289 g/mol. The van der Waals surface area contributed by atoms with Gasteiger partial charge in [-0.25, -0.2) is 4.39 Å². The van der Waals surface area contributed by atoms with Gasteiger partial charge in [0.15, 0.2) is 0 Å². The van der Waals surface area contributed by atoms with E-state index in [1.165, 1.54) is 12.1 Å². The highest BCUT2D eigenvalue weighted by Crippen LogP contribution is 2.48. The van der Waals surface area contributed by atoms with Crippen molar-refractivity contribution >= 4 is 23.2 Å². The Kier molecular flexibility index (Phi) is 3.68. The fourth-order valence-electron chi connectivity index (χ4n) is 2.57. The Balaban J connectivity index is 1.69. The van der Waals surface area contributed by atoms with Crippen LogP contribution in [0.2, 0.25) is 5.02 Å². The van der Waals surface area contributed by atoms with Crippen LogP contribution in [0.25, 0.3) is 0 Å². The van der Waals surface area contributed by atoms with E-state index < -0.39 is 0 Å². The van der Waals surface area contributed by atoms with Crippen LogP contribution < -0.4 is 5.32 Å². The van der Waals surface area contributed by atoms with Crippen molar-refractivity contribution in [2.45, 2.75) is 19.3 Å². The lowest BCUT2D eigenvalue weighted by molar-refractivity contribution is -0.117. The molecule has 0 saturated heterocycles. The molecule has 1 fully saturated rings. The van der Waals surface area contributed by atoms with Gasteiger partial charge in [-0.2, -0.15) is 0 Å². The lowest BCUT2D eigenvalue weighted by Crippen LogP contribution is -2.15. The fourth-order valence-corrected chi connectivity index (χ4v) is 2.84. The minimum absolute atomic E-state index is 0.0273. The predicted octanol–water partition coefficient (Wildman–Crippen LogP) is 4.53. The average molecular weight is 304 g/mol. The van der Waals surface area contributed by atoms with Crippen LogP contribution >= 0.6 is 11.6 Å². The second-order valence-corrected chi connectivity index (χ2v) is 5.83. The van der Waals surface area contributed by atoms with Crippen molar-refractivity contribution in [3.63, 3.8) is 0 Å². The van der Waals surface area contributed by atoms with E-state index in [0.717, 1.165) is 17.5 Å². The Bertz CT molecular complexity index is 663. The molecule has 3 rings (SSSR count). The predicted molar refractivity (Wildman–Crippen MR) is 82.1 cm³/mol. The van der Waals surface area contributed by atoms with Gasteiger partial charge >= 0.3 is 0 Å². The van der Waals surface area contributed by atoms with Crippen molar-refractivity contribution < 1.29 is 9.18 Å². The molecule has 1 aliphatic carbocycles. The minimum atomic E-state index is -0.257. The highest BCUT2D eigenvalue weighted by Gasteiger charge is 2.44. The molecule has 0 heterocycles. The molecular formula is C17H15ClFNO. The molecule has 0 spiro atoms. The summed E-state index contributed by atoms with van der Waals surface area (Å²) in [6.07, 6.45) is 0.793. The molecule has 0 aliphatic heterocycles. The van der Waals surface area contributed by atoms with E-state index in [1.54, 1.807) is 18.2 Å². The Morgan fingerprint density at radius 2 is 1.95 bits per heavy atom. The number of carbonyl (C=O) groups is 1. The van der Waals surface area contributed by atoms with Gasteiger partial charge in [-0.05, 0) is 48.6 Å². The molecule has 1 saturated carbocycles. The summed E-state index contributed by atoms with van der Waals surface area (Å²) in [5, 5.41) is 3.45. The zero-order chi connectivity index (χ0) is 15.0. The lowest BCUT2D eigenvalue weighted by atomic mass is 10.1. The monoisotopic (exact) mass is 303 g/mol. The van der Waals surface area contributed by atoms with Crippen LogP contribution in [-0.2, 0) is 4.79 Å². The largest absolute Gasteiger partial charge is 0.324 e. The molecule has 21 heavy (non-hydrogen) atoms. The molecule has 2 nitrogen and oxygen atoms in total. The quantitative estimate of drug-likeness (QED) is 0.887. The fraction of sp³-hybridized carbons (Fsp3) is 0.235. The van der Waals surface area contributed by atoms with Gasteiger partial charge in [0.25, 0.3) is 0 Å². The third-order valence-corrected chi connectivity index (χ3v) is 4.21. The van der Waals surface area contributed by atoms with E-state index in [2.05, 4.69) is 5.32 Å². The van der Waals surface area contributed by atoms with E-state index in [0.29, 0.717) is 10.7 Å². The van der Waals surface area contributed by atoms with E-state index in [9.17, 15) is 9.18 Å². The first kappa shape index (κ1) is 14.1. The standard InChI is InChI=1S/C17H15ClFNO/c1-10-3-2-4-15(18)16(10)20-17(21)14-9-13(14)11-5-7-12(19)8-6-11/h2-8,13-14H,9H2,1H3,(H,20,21)/t13-,14+/m0/s1. The van der Waals surface area contributed by atoms with Crippen molar-refractivity contribution in [3.8, 4) is 0 Å². The Morgan fingerprint density at radius 1 is 1.24 bits per heavy atom. The summed E-state index contributed by atoms with van der Waals surface area (Å²) in [5.74, 6) is -0.174. The van der Waals surface area contributed by atoms with Gasteiger partial charge < -0.3 is 5.32 Å². The summed E-state index contributed by atoms with van der Waals surface area (Å²) in [6.45, 7) is 1.91. The summed E-state index contributed by atoms with van der Waals surface area (Å²) < 4.78 is 12.9. The molecule has 1 aliphatic rings. The molecule has 0 unspecified atom stereocenters. The normalized spacial score (nSPS) is 20.1. The summed E-state index contributed by atoms with van der Waals surface area (Å²) in [7, 11) is 0. The van der Waals surface area contributed by atoms with Crippen LogP contribution in [0.5, 0.6) is 0 Å². The van der Waals surface area contributed by atoms with Crippen molar-refractivity contribution in [1.29, 1.82) is 0 Å². The van der Waals surface area contributed by atoms with Gasteiger partial charge in [-0.1, -0.05) is 35.9 Å². The first-order chi connectivity index (χ1) is 10.1. The van der Waals surface area contributed by atoms with Crippen LogP contribution in [0.1, 0.15) is 23.5 Å². The van der Waals surface area contributed by atoms with E-state index >= 15 is 0 Å².